The van der Waals surface area contributed by atoms with E-state index in [0.717, 1.165) is 53.3 Å². The van der Waals surface area contributed by atoms with Crippen LogP contribution >= 0.6 is 11.8 Å². The van der Waals surface area contributed by atoms with Crippen molar-refractivity contribution in [3.05, 3.63) is 0 Å². The molecular weight excluding hydrogens is 652 g/mol. The molecule has 1 N–H and O–H groups in total. The van der Waals surface area contributed by atoms with E-state index in [4.69, 9.17) is 42.6 Å². The molecule has 0 aromatic rings. The molecule has 18 nitrogen and oxygen atoms in total. The summed E-state index contributed by atoms with van der Waals surface area (Å²) < 4.78 is 50.6. The van der Waals surface area contributed by atoms with Gasteiger partial charge in [0.05, 0.1) is 11.8 Å². The molecule has 262 valence electrons. The summed E-state index contributed by atoms with van der Waals surface area (Å²) in [5.74, 6) is -5.59. The van der Waals surface area contributed by atoms with Crippen molar-refractivity contribution < 1.29 is 76.2 Å². The highest BCUT2D eigenvalue weighted by molar-refractivity contribution is 8.00. The molecule has 1 amide bonds. The van der Waals surface area contributed by atoms with Gasteiger partial charge in [-0.25, -0.2) is 0 Å². The van der Waals surface area contributed by atoms with Crippen LogP contribution in [0.15, 0.2) is 0 Å². The van der Waals surface area contributed by atoms with E-state index in [0.29, 0.717) is 0 Å². The highest BCUT2D eigenvalue weighted by Gasteiger charge is 2.56. The first-order valence-corrected chi connectivity index (χ1v) is 15.3. The number of nitrogens with one attached hydrogen (secondary N) is 1. The lowest BCUT2D eigenvalue weighted by atomic mass is 9.95. The number of esters is 6. The zero-order valence-electron chi connectivity index (χ0n) is 26.8. The van der Waals surface area contributed by atoms with Crippen LogP contribution in [-0.2, 0) is 76.2 Å². The van der Waals surface area contributed by atoms with Gasteiger partial charge in [-0.3, -0.25) is 33.6 Å². The second kappa shape index (κ2) is 18.4. The Bertz CT molecular complexity index is 1220. The quantitative estimate of drug-likeness (QED) is 0.188. The molecule has 0 aliphatic carbocycles. The summed E-state index contributed by atoms with van der Waals surface area (Å²) in [6.07, 6.45) is -12.0. The Morgan fingerprint density at radius 2 is 1.11 bits per heavy atom. The van der Waals surface area contributed by atoms with Crippen LogP contribution in [0.2, 0.25) is 0 Å². The molecule has 10 unspecified atom stereocenters. The number of hydrogen-bond acceptors (Lipinski definition) is 18. The summed E-state index contributed by atoms with van der Waals surface area (Å²) in [5.41, 5.74) is -1.03. The largest absolute Gasteiger partial charge is 0.463 e. The van der Waals surface area contributed by atoms with Gasteiger partial charge in [0.2, 0.25) is 5.91 Å². The fourth-order valence-electron chi connectivity index (χ4n) is 4.84. The van der Waals surface area contributed by atoms with Crippen molar-refractivity contribution in [3.8, 4) is 6.07 Å². The molecule has 0 aromatic heterocycles. The lowest BCUT2D eigenvalue weighted by molar-refractivity contribution is -0.336. The molecule has 0 saturated carbocycles. The van der Waals surface area contributed by atoms with Crippen molar-refractivity contribution in [3.63, 3.8) is 0 Å². The first kappa shape index (κ1) is 39.2. The minimum Gasteiger partial charge on any atom is -0.463 e. The summed E-state index contributed by atoms with van der Waals surface area (Å²) in [4.78, 5) is 84.7. The highest BCUT2D eigenvalue weighted by atomic mass is 32.2. The van der Waals surface area contributed by atoms with Crippen molar-refractivity contribution in [2.45, 2.75) is 109 Å². The van der Waals surface area contributed by atoms with Gasteiger partial charge in [0, 0.05) is 48.5 Å². The summed E-state index contributed by atoms with van der Waals surface area (Å²) in [5, 5.41) is 11.8. The molecule has 2 aliphatic heterocycles. The average Bonchev–Trinajstić information content (AvgIpc) is 2.94. The minimum atomic E-state index is -1.75. The van der Waals surface area contributed by atoms with Gasteiger partial charge in [0.1, 0.15) is 43.0 Å². The molecule has 2 heterocycles. The van der Waals surface area contributed by atoms with Crippen LogP contribution in [0.3, 0.4) is 0 Å². The Morgan fingerprint density at radius 1 is 0.638 bits per heavy atom. The number of amides is 1. The topological polar surface area (TPSA) is 238 Å². The normalized spacial score (nSPS) is 30.0. The number of hydrogen-bond donors (Lipinski definition) is 1. The molecule has 0 bridgehead atoms. The third kappa shape index (κ3) is 12.3. The molecule has 2 fully saturated rings. The van der Waals surface area contributed by atoms with Crippen LogP contribution in [0.5, 0.6) is 0 Å². The van der Waals surface area contributed by atoms with Crippen molar-refractivity contribution in [2.75, 3.05) is 19.0 Å². The minimum absolute atomic E-state index is 0.112. The fraction of sp³-hybridized carbons (Fsp3) is 0.714. The zero-order chi connectivity index (χ0) is 35.4. The molecule has 2 saturated heterocycles. The number of rotatable bonds is 13. The third-order valence-electron chi connectivity index (χ3n) is 6.32. The van der Waals surface area contributed by atoms with Crippen molar-refractivity contribution in [1.82, 2.24) is 5.32 Å². The number of ether oxygens (including phenoxy) is 9. The number of nitrogens with zero attached hydrogens (tertiary/aromatic N) is 1. The van der Waals surface area contributed by atoms with Crippen LogP contribution < -0.4 is 5.32 Å². The summed E-state index contributed by atoms with van der Waals surface area (Å²) in [6, 6.07) is 0.784. The molecule has 0 radical (unpaired) electrons. The van der Waals surface area contributed by atoms with E-state index >= 15 is 0 Å². The second-order valence-corrected chi connectivity index (χ2v) is 11.4. The Hall–Kier alpha value is -3.99. The van der Waals surface area contributed by atoms with E-state index in [1.807, 2.05) is 6.07 Å². The van der Waals surface area contributed by atoms with Gasteiger partial charge in [0.15, 0.2) is 30.7 Å². The van der Waals surface area contributed by atoms with Crippen molar-refractivity contribution in [1.29, 1.82) is 5.26 Å². The SMILES string of the molecule is CC(=O)NC1C(SCC#N)OC(COC(C)=O)C(OC2OC(COC(C)=O)C(OC(C)=O)C(OC(C)=O)C2OC(C)=O)C1OC(C)=O. The van der Waals surface area contributed by atoms with E-state index in [9.17, 15) is 38.8 Å². The van der Waals surface area contributed by atoms with Crippen LogP contribution in [0, 0.1) is 11.3 Å². The molecular formula is C28H38N2O16S. The van der Waals surface area contributed by atoms with Crippen molar-refractivity contribution in [2.24, 2.45) is 0 Å². The monoisotopic (exact) mass is 690 g/mol. The van der Waals surface area contributed by atoms with E-state index in [1.54, 1.807) is 0 Å². The van der Waals surface area contributed by atoms with Crippen LogP contribution in [0.4, 0.5) is 0 Å². The maximum atomic E-state index is 12.4. The predicted octanol–water partition coefficient (Wildman–Crippen LogP) is -0.564. The first-order chi connectivity index (χ1) is 22.0. The van der Waals surface area contributed by atoms with Gasteiger partial charge in [-0.05, 0) is 0 Å². The van der Waals surface area contributed by atoms with Gasteiger partial charge in [-0.1, -0.05) is 0 Å². The fourth-order valence-corrected chi connectivity index (χ4v) is 5.73. The average molecular weight is 691 g/mol. The number of thioether (sulfide) groups is 1. The van der Waals surface area contributed by atoms with E-state index in [2.05, 4.69) is 5.32 Å². The van der Waals surface area contributed by atoms with Crippen LogP contribution in [0.1, 0.15) is 48.5 Å². The van der Waals surface area contributed by atoms with Gasteiger partial charge < -0.3 is 47.9 Å². The first-order valence-electron chi connectivity index (χ1n) is 14.2. The van der Waals surface area contributed by atoms with Crippen molar-refractivity contribution >= 4 is 53.5 Å². The number of carbonyl (C=O) groups excluding carboxylic acids is 7. The Balaban J connectivity index is 2.72. The van der Waals surface area contributed by atoms with Gasteiger partial charge in [-0.15, -0.1) is 11.8 Å². The molecule has 0 aromatic carbocycles. The van der Waals surface area contributed by atoms with Gasteiger partial charge in [-0.2, -0.15) is 5.26 Å². The molecule has 2 aliphatic rings. The second-order valence-electron chi connectivity index (χ2n) is 10.3. The Kier molecular flexibility index (Phi) is 15.3. The number of carbonyl (C=O) groups is 7. The summed E-state index contributed by atoms with van der Waals surface area (Å²) >= 11 is 0.956. The molecule has 47 heavy (non-hydrogen) atoms. The standard InChI is InChI=1S/C28H38N2O16S/c1-12(31)30-21-24(41-16(5)35)22(20(11-39-14(3)33)45-28(21)47-9-8-29)46-27-26(43-18(7)37)25(42-17(6)36)23(40-15(4)34)19(44-27)10-38-13(2)32/h19-28H,9-11H2,1-7H3,(H,30,31). The van der Waals surface area contributed by atoms with Gasteiger partial charge >= 0.3 is 35.8 Å². The maximum Gasteiger partial charge on any atom is 0.303 e. The third-order valence-corrected chi connectivity index (χ3v) is 7.35. The lowest BCUT2D eigenvalue weighted by Gasteiger charge is -2.49. The Labute approximate surface area is 274 Å². The Morgan fingerprint density at radius 3 is 1.57 bits per heavy atom. The zero-order valence-corrected chi connectivity index (χ0v) is 27.6. The molecule has 2 rings (SSSR count). The molecule has 10 atom stereocenters. The smallest absolute Gasteiger partial charge is 0.303 e. The molecule has 0 spiro atoms. The van der Waals surface area contributed by atoms with E-state index < -0.39 is 115 Å². The van der Waals surface area contributed by atoms with Crippen LogP contribution in [-0.4, -0.2) is 121 Å². The maximum absolute atomic E-state index is 12.4. The van der Waals surface area contributed by atoms with E-state index in [1.165, 1.54) is 6.92 Å². The van der Waals surface area contributed by atoms with E-state index in [-0.39, 0.29) is 5.75 Å². The lowest BCUT2D eigenvalue weighted by Crippen LogP contribution is -2.68. The molecule has 19 heteroatoms. The van der Waals surface area contributed by atoms with Gasteiger partial charge in [0.25, 0.3) is 0 Å². The van der Waals surface area contributed by atoms with Crippen LogP contribution in [0.25, 0.3) is 0 Å². The highest BCUT2D eigenvalue weighted by Crippen LogP contribution is 2.36. The summed E-state index contributed by atoms with van der Waals surface area (Å²) in [7, 11) is 0. The predicted molar refractivity (Wildman–Crippen MR) is 153 cm³/mol. The summed E-state index contributed by atoms with van der Waals surface area (Å²) in [6.45, 7) is 6.61. The number of nitriles is 1.